The summed E-state index contributed by atoms with van der Waals surface area (Å²) in [7, 11) is 1.27. The van der Waals surface area contributed by atoms with Crippen LogP contribution in [0.15, 0.2) is 69.1 Å². The van der Waals surface area contributed by atoms with Crippen LogP contribution in [0.4, 0.5) is 5.69 Å². The number of carbonyl (C=O) groups is 3. The molecule has 9 heteroatoms. The van der Waals surface area contributed by atoms with Crippen LogP contribution in [0.1, 0.15) is 16.1 Å². The van der Waals surface area contributed by atoms with E-state index in [2.05, 4.69) is 21.4 Å². The maximum absolute atomic E-state index is 12.8. The fraction of sp³-hybridized carbons (Fsp3) is 0.0455. The SMILES string of the molecule is COC(=O)c1cc(-c2ccc(/C=C3\C(=O)NN(c4cccc(Br)c4)C3=O)o2)ccc1Cl. The maximum atomic E-state index is 12.8. The molecular weight excluding hydrogens is 488 g/mol. The Labute approximate surface area is 190 Å². The molecule has 1 saturated heterocycles. The van der Waals surface area contributed by atoms with E-state index in [4.69, 9.17) is 20.8 Å². The molecule has 4 rings (SSSR count). The first-order valence-corrected chi connectivity index (χ1v) is 10.2. The molecule has 0 unspecified atom stereocenters. The van der Waals surface area contributed by atoms with Gasteiger partial charge in [-0.3, -0.25) is 15.0 Å². The highest BCUT2D eigenvalue weighted by Gasteiger charge is 2.34. The highest BCUT2D eigenvalue weighted by molar-refractivity contribution is 9.10. The predicted octanol–water partition coefficient (Wildman–Crippen LogP) is 4.61. The van der Waals surface area contributed by atoms with Crippen LogP contribution in [0, 0.1) is 0 Å². The van der Waals surface area contributed by atoms with Crippen LogP contribution in [0.5, 0.6) is 0 Å². The highest BCUT2D eigenvalue weighted by Crippen LogP contribution is 2.29. The summed E-state index contributed by atoms with van der Waals surface area (Å²) in [5.74, 6) is -0.868. The summed E-state index contributed by atoms with van der Waals surface area (Å²) in [6, 6.07) is 15.1. The van der Waals surface area contributed by atoms with Crippen molar-refractivity contribution in [3.63, 3.8) is 0 Å². The van der Waals surface area contributed by atoms with Crippen LogP contribution < -0.4 is 10.4 Å². The van der Waals surface area contributed by atoms with Crippen LogP contribution in [0.25, 0.3) is 17.4 Å². The fourth-order valence-corrected chi connectivity index (χ4v) is 3.61. The summed E-state index contributed by atoms with van der Waals surface area (Å²) in [5, 5.41) is 1.43. The van der Waals surface area contributed by atoms with Crippen LogP contribution in [0.2, 0.25) is 5.02 Å². The number of rotatable bonds is 4. The van der Waals surface area contributed by atoms with Gasteiger partial charge < -0.3 is 9.15 Å². The van der Waals surface area contributed by atoms with Crippen molar-refractivity contribution in [1.82, 2.24) is 5.43 Å². The molecule has 1 N–H and O–H groups in total. The van der Waals surface area contributed by atoms with Crippen LogP contribution in [-0.4, -0.2) is 24.9 Å². The minimum atomic E-state index is -0.568. The second-order valence-electron chi connectivity index (χ2n) is 6.51. The molecular formula is C22H14BrClN2O5. The lowest BCUT2D eigenvalue weighted by Gasteiger charge is -2.14. The van der Waals surface area contributed by atoms with Crippen molar-refractivity contribution in [2.24, 2.45) is 0 Å². The molecule has 156 valence electrons. The summed E-state index contributed by atoms with van der Waals surface area (Å²) in [6.45, 7) is 0. The van der Waals surface area contributed by atoms with Crippen molar-refractivity contribution in [2.75, 3.05) is 12.1 Å². The lowest BCUT2D eigenvalue weighted by atomic mass is 10.1. The van der Waals surface area contributed by atoms with Gasteiger partial charge in [0, 0.05) is 10.0 Å². The molecule has 2 heterocycles. The van der Waals surface area contributed by atoms with E-state index in [1.807, 2.05) is 6.07 Å². The van der Waals surface area contributed by atoms with Crippen LogP contribution in [-0.2, 0) is 14.3 Å². The van der Waals surface area contributed by atoms with E-state index >= 15 is 0 Å². The number of hydrogen-bond donors (Lipinski definition) is 1. The molecule has 0 radical (unpaired) electrons. The first-order valence-electron chi connectivity index (χ1n) is 8.98. The van der Waals surface area contributed by atoms with E-state index in [-0.39, 0.29) is 16.2 Å². The first kappa shape index (κ1) is 20.9. The van der Waals surface area contributed by atoms with Gasteiger partial charge in [0.15, 0.2) is 0 Å². The van der Waals surface area contributed by atoms with Crippen molar-refractivity contribution < 1.29 is 23.5 Å². The molecule has 1 aromatic heterocycles. The number of halogens is 2. The minimum Gasteiger partial charge on any atom is -0.465 e. The van der Waals surface area contributed by atoms with Gasteiger partial charge in [0.1, 0.15) is 17.1 Å². The number of amides is 2. The average molecular weight is 502 g/mol. The van der Waals surface area contributed by atoms with Gasteiger partial charge >= 0.3 is 5.97 Å². The summed E-state index contributed by atoms with van der Waals surface area (Å²) in [6.07, 6.45) is 1.37. The van der Waals surface area contributed by atoms with Gasteiger partial charge in [-0.05, 0) is 54.6 Å². The largest absolute Gasteiger partial charge is 0.465 e. The van der Waals surface area contributed by atoms with Crippen molar-refractivity contribution in [1.29, 1.82) is 0 Å². The van der Waals surface area contributed by atoms with E-state index < -0.39 is 17.8 Å². The number of methoxy groups -OCH3 is 1. The van der Waals surface area contributed by atoms with Crippen molar-refractivity contribution >= 4 is 57.1 Å². The lowest BCUT2D eigenvalue weighted by Crippen LogP contribution is -2.35. The van der Waals surface area contributed by atoms with Gasteiger partial charge in [0.05, 0.1) is 23.4 Å². The second-order valence-corrected chi connectivity index (χ2v) is 7.83. The minimum absolute atomic E-state index is 0.0627. The third-order valence-corrected chi connectivity index (χ3v) is 5.35. The number of anilines is 1. The number of ether oxygens (including phenoxy) is 1. The molecule has 2 amide bonds. The summed E-state index contributed by atoms with van der Waals surface area (Å²) in [4.78, 5) is 37.0. The molecule has 0 atom stereocenters. The van der Waals surface area contributed by atoms with Crippen molar-refractivity contribution in [3.05, 3.63) is 81.0 Å². The first-order chi connectivity index (χ1) is 14.9. The van der Waals surface area contributed by atoms with Crippen molar-refractivity contribution in [3.8, 4) is 11.3 Å². The Balaban J connectivity index is 1.62. The number of nitrogens with zero attached hydrogens (tertiary/aromatic N) is 1. The molecule has 31 heavy (non-hydrogen) atoms. The zero-order valence-corrected chi connectivity index (χ0v) is 18.4. The Kier molecular flexibility index (Phi) is 5.67. The standard InChI is InChI=1S/C22H14BrClN2O5/c1-30-22(29)16-9-12(5-7-18(16)24)19-8-6-15(31-19)11-17-20(27)25-26(21(17)28)14-4-2-3-13(23)10-14/h2-11H,1H3,(H,25,27)/b17-11+. The molecule has 3 aromatic rings. The fourth-order valence-electron chi connectivity index (χ4n) is 3.03. The van der Waals surface area contributed by atoms with Gasteiger partial charge in [-0.1, -0.05) is 33.6 Å². The number of hydrazine groups is 1. The molecule has 1 aliphatic rings. The van der Waals surface area contributed by atoms with Crippen LogP contribution >= 0.6 is 27.5 Å². The summed E-state index contributed by atoms with van der Waals surface area (Å²) in [5.41, 5.74) is 3.79. The number of benzene rings is 2. The number of nitrogens with one attached hydrogen (secondary N) is 1. The zero-order chi connectivity index (χ0) is 22.1. The molecule has 1 fully saturated rings. The van der Waals surface area contributed by atoms with E-state index in [0.717, 1.165) is 4.47 Å². The normalized spacial score (nSPS) is 14.8. The molecule has 0 aliphatic carbocycles. The third-order valence-electron chi connectivity index (χ3n) is 4.53. The van der Waals surface area contributed by atoms with Crippen LogP contribution in [0.3, 0.4) is 0 Å². The van der Waals surface area contributed by atoms with E-state index in [1.165, 1.54) is 18.2 Å². The number of furan rings is 1. The molecule has 0 bridgehead atoms. The number of hydrogen-bond acceptors (Lipinski definition) is 5. The van der Waals surface area contributed by atoms with E-state index in [0.29, 0.717) is 22.8 Å². The Hall–Kier alpha value is -3.36. The average Bonchev–Trinajstić information content (AvgIpc) is 3.34. The topological polar surface area (TPSA) is 88.9 Å². The van der Waals surface area contributed by atoms with E-state index in [1.54, 1.807) is 48.5 Å². The van der Waals surface area contributed by atoms with Gasteiger partial charge in [-0.2, -0.15) is 0 Å². The Morgan fingerprint density at radius 1 is 1.16 bits per heavy atom. The third kappa shape index (κ3) is 4.12. The zero-order valence-electron chi connectivity index (χ0n) is 16.0. The highest BCUT2D eigenvalue weighted by atomic mass is 79.9. The Bertz CT molecular complexity index is 1250. The quantitative estimate of drug-likeness (QED) is 0.320. The maximum Gasteiger partial charge on any atom is 0.339 e. The Morgan fingerprint density at radius 2 is 1.97 bits per heavy atom. The predicted molar refractivity (Wildman–Crippen MR) is 118 cm³/mol. The monoisotopic (exact) mass is 500 g/mol. The molecule has 1 aliphatic heterocycles. The number of carbonyl (C=O) groups excluding carboxylic acids is 3. The number of esters is 1. The van der Waals surface area contributed by atoms with E-state index in [9.17, 15) is 14.4 Å². The van der Waals surface area contributed by atoms with Crippen molar-refractivity contribution in [2.45, 2.75) is 0 Å². The summed E-state index contributed by atoms with van der Waals surface area (Å²) >= 11 is 9.40. The van der Waals surface area contributed by atoms with Gasteiger partial charge in [0.25, 0.3) is 11.8 Å². The second kappa shape index (κ2) is 8.41. The molecule has 7 nitrogen and oxygen atoms in total. The lowest BCUT2D eigenvalue weighted by molar-refractivity contribution is -0.117. The molecule has 0 spiro atoms. The van der Waals surface area contributed by atoms with Gasteiger partial charge in [-0.15, -0.1) is 0 Å². The molecule has 2 aromatic carbocycles. The van der Waals surface area contributed by atoms with Gasteiger partial charge in [-0.25, -0.2) is 9.80 Å². The summed E-state index contributed by atoms with van der Waals surface area (Å²) < 4.78 is 11.3. The Morgan fingerprint density at radius 3 is 2.71 bits per heavy atom. The van der Waals surface area contributed by atoms with Gasteiger partial charge in [0.2, 0.25) is 0 Å². The smallest absolute Gasteiger partial charge is 0.339 e. The molecule has 0 saturated carbocycles.